The van der Waals surface area contributed by atoms with E-state index in [0.717, 1.165) is 31.6 Å². The van der Waals surface area contributed by atoms with Crippen molar-refractivity contribution in [3.63, 3.8) is 0 Å². The van der Waals surface area contributed by atoms with Gasteiger partial charge in [-0.3, -0.25) is 9.69 Å². The number of carbonyl (C=O) groups excluding carboxylic acids is 1. The Labute approximate surface area is 127 Å². The number of nitrogens with one attached hydrogen (secondary N) is 1. The number of nitrogen functional groups attached to an aromatic ring is 1. The fourth-order valence-electron chi connectivity index (χ4n) is 2.11. The molecule has 5 nitrogen and oxygen atoms in total. The highest BCUT2D eigenvalue weighted by molar-refractivity contribution is 5.77. The number of hydrogen-bond acceptors (Lipinski definition) is 4. The van der Waals surface area contributed by atoms with E-state index in [2.05, 4.69) is 17.1 Å². The maximum Gasteiger partial charge on any atom is 0.234 e. The number of nitrogens with two attached hydrogens (primary N) is 1. The number of amides is 1. The lowest BCUT2D eigenvalue weighted by Crippen LogP contribution is -2.37. The van der Waals surface area contributed by atoms with E-state index in [1.165, 1.54) is 5.56 Å². The van der Waals surface area contributed by atoms with E-state index in [4.69, 9.17) is 10.5 Å². The standard InChI is InChI=1S/C16H27N3O2/c1-3-10-19(12-14-5-7-15(17)8-6-14)13-16(20)18-9-4-11-21-2/h5-8H,3-4,9-13,17H2,1-2H3,(H,18,20). The third-order valence-corrected chi connectivity index (χ3v) is 3.14. The van der Waals surface area contributed by atoms with Crippen LogP contribution in [0.2, 0.25) is 0 Å². The Kier molecular flexibility index (Phi) is 8.47. The lowest BCUT2D eigenvalue weighted by molar-refractivity contribution is -0.122. The average molecular weight is 293 g/mol. The van der Waals surface area contributed by atoms with Crippen LogP contribution in [0.1, 0.15) is 25.3 Å². The van der Waals surface area contributed by atoms with E-state index >= 15 is 0 Å². The molecule has 0 unspecified atom stereocenters. The van der Waals surface area contributed by atoms with E-state index < -0.39 is 0 Å². The maximum atomic E-state index is 11.9. The Balaban J connectivity index is 2.41. The number of methoxy groups -OCH3 is 1. The van der Waals surface area contributed by atoms with Gasteiger partial charge in [0.25, 0.3) is 0 Å². The van der Waals surface area contributed by atoms with Crippen molar-refractivity contribution in [2.45, 2.75) is 26.3 Å². The molecule has 1 amide bonds. The van der Waals surface area contributed by atoms with Crippen LogP contribution in [0.15, 0.2) is 24.3 Å². The summed E-state index contributed by atoms with van der Waals surface area (Å²) in [5.74, 6) is 0.0648. The largest absolute Gasteiger partial charge is 0.399 e. The molecule has 1 aromatic carbocycles. The number of carbonyl (C=O) groups is 1. The highest BCUT2D eigenvalue weighted by Gasteiger charge is 2.10. The molecule has 0 radical (unpaired) electrons. The van der Waals surface area contributed by atoms with Crippen molar-refractivity contribution in [3.05, 3.63) is 29.8 Å². The first kappa shape index (κ1) is 17.5. The average Bonchev–Trinajstić information content (AvgIpc) is 2.46. The van der Waals surface area contributed by atoms with Crippen LogP contribution in [0.3, 0.4) is 0 Å². The van der Waals surface area contributed by atoms with Crippen LogP contribution in [0.5, 0.6) is 0 Å². The molecule has 3 N–H and O–H groups in total. The quantitative estimate of drug-likeness (QED) is 0.508. The lowest BCUT2D eigenvalue weighted by atomic mass is 10.2. The van der Waals surface area contributed by atoms with Crippen molar-refractivity contribution < 1.29 is 9.53 Å². The van der Waals surface area contributed by atoms with Gasteiger partial charge in [0.15, 0.2) is 0 Å². The van der Waals surface area contributed by atoms with Crippen molar-refractivity contribution in [2.75, 3.05) is 39.1 Å². The molecule has 1 rings (SSSR count). The number of nitrogens with zero attached hydrogens (tertiary/aromatic N) is 1. The fourth-order valence-corrected chi connectivity index (χ4v) is 2.11. The van der Waals surface area contributed by atoms with Gasteiger partial charge in [0.05, 0.1) is 6.54 Å². The van der Waals surface area contributed by atoms with E-state index in [-0.39, 0.29) is 5.91 Å². The van der Waals surface area contributed by atoms with Crippen LogP contribution in [0.25, 0.3) is 0 Å². The summed E-state index contributed by atoms with van der Waals surface area (Å²) in [6.07, 6.45) is 1.86. The predicted octanol–water partition coefficient (Wildman–Crippen LogP) is 1.63. The molecule has 0 aliphatic heterocycles. The molecule has 118 valence electrons. The molecule has 0 bridgehead atoms. The molecule has 0 aliphatic carbocycles. The number of benzene rings is 1. The van der Waals surface area contributed by atoms with Gasteiger partial charge in [0, 0.05) is 32.5 Å². The first-order valence-electron chi connectivity index (χ1n) is 7.48. The van der Waals surface area contributed by atoms with Crippen molar-refractivity contribution in [3.8, 4) is 0 Å². The third-order valence-electron chi connectivity index (χ3n) is 3.14. The monoisotopic (exact) mass is 293 g/mol. The predicted molar refractivity (Wildman–Crippen MR) is 85.9 cm³/mol. The minimum absolute atomic E-state index is 0.0648. The Morgan fingerprint density at radius 3 is 2.67 bits per heavy atom. The van der Waals surface area contributed by atoms with E-state index in [1.54, 1.807) is 7.11 Å². The molecular weight excluding hydrogens is 266 g/mol. The van der Waals surface area contributed by atoms with Gasteiger partial charge in [-0.15, -0.1) is 0 Å². The van der Waals surface area contributed by atoms with Gasteiger partial charge >= 0.3 is 0 Å². The zero-order valence-electron chi connectivity index (χ0n) is 13.1. The molecule has 21 heavy (non-hydrogen) atoms. The third kappa shape index (κ3) is 7.68. The summed E-state index contributed by atoms with van der Waals surface area (Å²) < 4.78 is 4.96. The highest BCUT2D eigenvalue weighted by atomic mass is 16.5. The summed E-state index contributed by atoms with van der Waals surface area (Å²) in [5, 5.41) is 2.92. The Hall–Kier alpha value is -1.59. The van der Waals surface area contributed by atoms with Crippen molar-refractivity contribution in [2.24, 2.45) is 0 Å². The molecule has 0 spiro atoms. The van der Waals surface area contributed by atoms with Gasteiger partial charge in [-0.05, 0) is 37.1 Å². The van der Waals surface area contributed by atoms with Gasteiger partial charge in [-0.2, -0.15) is 0 Å². The molecule has 5 heteroatoms. The second-order valence-electron chi connectivity index (χ2n) is 5.15. The van der Waals surface area contributed by atoms with Crippen LogP contribution in [-0.2, 0) is 16.1 Å². The Morgan fingerprint density at radius 2 is 2.05 bits per heavy atom. The summed E-state index contributed by atoms with van der Waals surface area (Å²) in [7, 11) is 1.66. The number of rotatable bonds is 10. The lowest BCUT2D eigenvalue weighted by Gasteiger charge is -2.21. The van der Waals surface area contributed by atoms with E-state index in [0.29, 0.717) is 19.7 Å². The van der Waals surface area contributed by atoms with Gasteiger partial charge in [0.1, 0.15) is 0 Å². The molecule has 0 saturated heterocycles. The van der Waals surface area contributed by atoms with Gasteiger partial charge in [-0.1, -0.05) is 19.1 Å². The summed E-state index contributed by atoms with van der Waals surface area (Å²) in [6, 6.07) is 7.80. The Morgan fingerprint density at radius 1 is 1.33 bits per heavy atom. The molecule has 0 heterocycles. The summed E-state index contributed by atoms with van der Waals surface area (Å²) in [5.41, 5.74) is 7.62. The highest BCUT2D eigenvalue weighted by Crippen LogP contribution is 2.08. The van der Waals surface area contributed by atoms with Crippen LogP contribution in [0.4, 0.5) is 5.69 Å². The minimum Gasteiger partial charge on any atom is -0.399 e. The van der Waals surface area contributed by atoms with Gasteiger partial charge in [-0.25, -0.2) is 0 Å². The van der Waals surface area contributed by atoms with Crippen LogP contribution >= 0.6 is 0 Å². The van der Waals surface area contributed by atoms with Crippen molar-refractivity contribution in [1.82, 2.24) is 10.2 Å². The smallest absolute Gasteiger partial charge is 0.234 e. The maximum absolute atomic E-state index is 11.9. The van der Waals surface area contributed by atoms with Crippen LogP contribution in [0, 0.1) is 0 Å². The number of anilines is 1. The van der Waals surface area contributed by atoms with E-state index in [9.17, 15) is 4.79 Å². The number of hydrogen-bond donors (Lipinski definition) is 2. The zero-order chi connectivity index (χ0) is 15.5. The molecule has 1 aromatic rings. The second kappa shape index (κ2) is 10.2. The first-order chi connectivity index (χ1) is 10.2. The summed E-state index contributed by atoms with van der Waals surface area (Å²) >= 11 is 0. The topological polar surface area (TPSA) is 67.6 Å². The van der Waals surface area contributed by atoms with E-state index in [1.807, 2.05) is 24.3 Å². The normalized spacial score (nSPS) is 10.8. The summed E-state index contributed by atoms with van der Waals surface area (Å²) in [4.78, 5) is 14.1. The Bertz CT molecular complexity index is 406. The fraction of sp³-hybridized carbons (Fsp3) is 0.562. The zero-order valence-corrected chi connectivity index (χ0v) is 13.1. The van der Waals surface area contributed by atoms with Crippen LogP contribution in [-0.4, -0.2) is 44.2 Å². The number of ether oxygens (including phenoxy) is 1. The molecular formula is C16H27N3O2. The van der Waals surface area contributed by atoms with Crippen LogP contribution < -0.4 is 11.1 Å². The van der Waals surface area contributed by atoms with Crippen molar-refractivity contribution >= 4 is 11.6 Å². The van der Waals surface area contributed by atoms with Gasteiger partial charge in [0.2, 0.25) is 5.91 Å². The minimum atomic E-state index is 0.0648. The molecule has 0 aromatic heterocycles. The van der Waals surface area contributed by atoms with Crippen molar-refractivity contribution in [1.29, 1.82) is 0 Å². The first-order valence-corrected chi connectivity index (χ1v) is 7.48. The second-order valence-corrected chi connectivity index (χ2v) is 5.15. The SMILES string of the molecule is CCCN(CC(=O)NCCCOC)Cc1ccc(N)cc1. The molecule has 0 aliphatic rings. The molecule has 0 saturated carbocycles. The summed E-state index contributed by atoms with van der Waals surface area (Å²) in [6.45, 7) is 5.53. The molecule has 0 atom stereocenters. The molecule has 0 fully saturated rings. The van der Waals surface area contributed by atoms with Gasteiger partial charge < -0.3 is 15.8 Å².